The monoisotopic (exact) mass is 339 g/mol. The fourth-order valence-electron chi connectivity index (χ4n) is 2.19. The Morgan fingerprint density at radius 1 is 1.04 bits per heavy atom. The first-order chi connectivity index (χ1) is 11.7. The maximum absolute atomic E-state index is 12.4. The molecule has 2 rings (SSSR count). The van der Waals surface area contributed by atoms with E-state index in [1.54, 1.807) is 24.3 Å². The number of aryl methyl sites for hydroxylation is 1. The first kappa shape index (κ1) is 18.5. The SMILES string of the molecule is Cc1ccc(N)cc1NC(=O)c1ccc(CNC(=O)C(C)(C)C)cc1. The summed E-state index contributed by atoms with van der Waals surface area (Å²) in [5, 5.41) is 5.76. The molecule has 0 aromatic heterocycles. The van der Waals surface area contributed by atoms with Crippen molar-refractivity contribution in [3.63, 3.8) is 0 Å². The third-order valence-corrected chi connectivity index (χ3v) is 3.86. The van der Waals surface area contributed by atoms with Crippen LogP contribution in [0.5, 0.6) is 0 Å². The first-order valence-electron chi connectivity index (χ1n) is 8.21. The maximum atomic E-state index is 12.4. The lowest BCUT2D eigenvalue weighted by Gasteiger charge is -2.17. The van der Waals surface area contributed by atoms with Crippen LogP contribution in [0.4, 0.5) is 11.4 Å². The molecule has 2 aromatic rings. The highest BCUT2D eigenvalue weighted by Crippen LogP contribution is 2.19. The van der Waals surface area contributed by atoms with E-state index in [0.717, 1.165) is 11.1 Å². The number of nitrogen functional groups attached to an aromatic ring is 1. The molecule has 4 N–H and O–H groups in total. The van der Waals surface area contributed by atoms with E-state index < -0.39 is 5.41 Å². The first-order valence-corrected chi connectivity index (χ1v) is 8.21. The molecular weight excluding hydrogens is 314 g/mol. The summed E-state index contributed by atoms with van der Waals surface area (Å²) in [5.41, 5.74) is 9.08. The van der Waals surface area contributed by atoms with E-state index in [1.807, 2.05) is 45.9 Å². The maximum Gasteiger partial charge on any atom is 0.255 e. The van der Waals surface area contributed by atoms with Crippen molar-refractivity contribution in [3.05, 3.63) is 59.2 Å². The van der Waals surface area contributed by atoms with Crippen LogP contribution < -0.4 is 16.4 Å². The van der Waals surface area contributed by atoms with Crippen LogP contribution in [-0.4, -0.2) is 11.8 Å². The van der Waals surface area contributed by atoms with E-state index in [1.165, 1.54) is 0 Å². The number of nitrogens with two attached hydrogens (primary N) is 1. The van der Waals surface area contributed by atoms with Gasteiger partial charge in [0.1, 0.15) is 0 Å². The Morgan fingerprint density at radius 3 is 2.28 bits per heavy atom. The van der Waals surface area contributed by atoms with Gasteiger partial charge in [-0.3, -0.25) is 9.59 Å². The largest absolute Gasteiger partial charge is 0.399 e. The van der Waals surface area contributed by atoms with E-state index in [9.17, 15) is 9.59 Å². The van der Waals surface area contributed by atoms with Crippen LogP contribution >= 0.6 is 0 Å². The number of carbonyl (C=O) groups excluding carboxylic acids is 2. The summed E-state index contributed by atoms with van der Waals surface area (Å²) in [6.45, 7) is 7.96. The quantitative estimate of drug-likeness (QED) is 0.746. The molecule has 0 atom stereocenters. The molecule has 0 aliphatic heterocycles. The number of amides is 2. The van der Waals surface area contributed by atoms with Gasteiger partial charge in [0.15, 0.2) is 0 Å². The minimum atomic E-state index is -0.421. The van der Waals surface area contributed by atoms with Gasteiger partial charge < -0.3 is 16.4 Å². The lowest BCUT2D eigenvalue weighted by atomic mass is 9.95. The summed E-state index contributed by atoms with van der Waals surface area (Å²) >= 11 is 0. The molecule has 0 aliphatic rings. The van der Waals surface area contributed by atoms with E-state index in [-0.39, 0.29) is 11.8 Å². The van der Waals surface area contributed by atoms with Crippen LogP contribution in [0.1, 0.15) is 42.3 Å². The van der Waals surface area contributed by atoms with Crippen LogP contribution in [0.3, 0.4) is 0 Å². The molecule has 0 unspecified atom stereocenters. The van der Waals surface area contributed by atoms with Gasteiger partial charge in [-0.1, -0.05) is 39.0 Å². The van der Waals surface area contributed by atoms with Gasteiger partial charge >= 0.3 is 0 Å². The number of benzene rings is 2. The Balaban J connectivity index is 2.00. The summed E-state index contributed by atoms with van der Waals surface area (Å²) in [6.07, 6.45) is 0. The second-order valence-corrected chi connectivity index (χ2v) is 7.16. The third-order valence-electron chi connectivity index (χ3n) is 3.86. The smallest absolute Gasteiger partial charge is 0.255 e. The molecule has 2 amide bonds. The predicted molar refractivity (Wildman–Crippen MR) is 101 cm³/mol. The highest BCUT2D eigenvalue weighted by molar-refractivity contribution is 6.04. The van der Waals surface area contributed by atoms with Crippen molar-refractivity contribution in [2.75, 3.05) is 11.1 Å². The Bertz CT molecular complexity index is 775. The fraction of sp³-hybridized carbons (Fsp3) is 0.300. The zero-order chi connectivity index (χ0) is 18.6. The van der Waals surface area contributed by atoms with Crippen molar-refractivity contribution < 1.29 is 9.59 Å². The number of anilines is 2. The van der Waals surface area contributed by atoms with Crippen molar-refractivity contribution in [2.24, 2.45) is 5.41 Å². The Labute approximate surface area is 148 Å². The van der Waals surface area contributed by atoms with Crippen LogP contribution in [0.25, 0.3) is 0 Å². The van der Waals surface area contributed by atoms with Crippen molar-refractivity contribution in [1.82, 2.24) is 5.32 Å². The molecule has 0 fully saturated rings. The van der Waals surface area contributed by atoms with E-state index in [2.05, 4.69) is 10.6 Å². The topological polar surface area (TPSA) is 84.2 Å². The van der Waals surface area contributed by atoms with E-state index >= 15 is 0 Å². The molecule has 0 bridgehead atoms. The van der Waals surface area contributed by atoms with Crippen LogP contribution in [0, 0.1) is 12.3 Å². The molecule has 0 radical (unpaired) electrons. The number of rotatable bonds is 4. The fourth-order valence-corrected chi connectivity index (χ4v) is 2.19. The minimum absolute atomic E-state index is 0.00791. The van der Waals surface area contributed by atoms with Gasteiger partial charge in [-0.2, -0.15) is 0 Å². The van der Waals surface area contributed by atoms with Crippen molar-refractivity contribution >= 4 is 23.2 Å². The lowest BCUT2D eigenvalue weighted by molar-refractivity contribution is -0.128. The predicted octanol–water partition coefficient (Wildman–Crippen LogP) is 3.49. The Hall–Kier alpha value is -2.82. The zero-order valence-corrected chi connectivity index (χ0v) is 15.1. The molecular formula is C20H25N3O2. The molecule has 0 saturated heterocycles. The van der Waals surface area contributed by atoms with Crippen molar-refractivity contribution in [1.29, 1.82) is 0 Å². The second kappa shape index (κ2) is 7.38. The van der Waals surface area contributed by atoms with Crippen molar-refractivity contribution in [3.8, 4) is 0 Å². The Morgan fingerprint density at radius 2 is 1.68 bits per heavy atom. The van der Waals surface area contributed by atoms with Gasteiger partial charge in [0, 0.05) is 28.9 Å². The highest BCUT2D eigenvalue weighted by atomic mass is 16.2. The van der Waals surface area contributed by atoms with Gasteiger partial charge in [0.05, 0.1) is 0 Å². The minimum Gasteiger partial charge on any atom is -0.399 e. The normalized spacial score (nSPS) is 11.0. The average molecular weight is 339 g/mol. The average Bonchev–Trinajstić information content (AvgIpc) is 2.55. The van der Waals surface area contributed by atoms with Crippen LogP contribution in [-0.2, 0) is 11.3 Å². The van der Waals surface area contributed by atoms with Crippen LogP contribution in [0.15, 0.2) is 42.5 Å². The molecule has 5 nitrogen and oxygen atoms in total. The number of hydrogen-bond acceptors (Lipinski definition) is 3. The van der Waals surface area contributed by atoms with E-state index in [4.69, 9.17) is 5.73 Å². The molecule has 5 heteroatoms. The van der Waals surface area contributed by atoms with Gasteiger partial charge in [0.25, 0.3) is 5.91 Å². The molecule has 2 aromatic carbocycles. The Kier molecular flexibility index (Phi) is 5.47. The summed E-state index contributed by atoms with van der Waals surface area (Å²) in [6, 6.07) is 12.6. The zero-order valence-electron chi connectivity index (χ0n) is 15.1. The molecule has 25 heavy (non-hydrogen) atoms. The molecule has 0 heterocycles. The van der Waals surface area contributed by atoms with Crippen LogP contribution in [0.2, 0.25) is 0 Å². The third kappa shape index (κ3) is 5.08. The highest BCUT2D eigenvalue weighted by Gasteiger charge is 2.20. The summed E-state index contributed by atoms with van der Waals surface area (Å²) in [4.78, 5) is 24.3. The van der Waals surface area contributed by atoms with Gasteiger partial charge in [-0.15, -0.1) is 0 Å². The molecule has 0 aliphatic carbocycles. The van der Waals surface area contributed by atoms with Gasteiger partial charge in [-0.25, -0.2) is 0 Å². The van der Waals surface area contributed by atoms with E-state index in [0.29, 0.717) is 23.5 Å². The van der Waals surface area contributed by atoms with Gasteiger partial charge in [0.2, 0.25) is 5.91 Å². The summed E-state index contributed by atoms with van der Waals surface area (Å²) < 4.78 is 0. The van der Waals surface area contributed by atoms with Crippen molar-refractivity contribution in [2.45, 2.75) is 34.2 Å². The molecule has 0 spiro atoms. The van der Waals surface area contributed by atoms with Gasteiger partial charge in [-0.05, 0) is 42.3 Å². The number of nitrogens with one attached hydrogen (secondary N) is 2. The standard InChI is InChI=1S/C20H25N3O2/c1-13-5-10-16(21)11-17(13)23-18(24)15-8-6-14(7-9-15)12-22-19(25)20(2,3)4/h5-11H,12,21H2,1-4H3,(H,22,25)(H,23,24). The summed E-state index contributed by atoms with van der Waals surface area (Å²) in [7, 11) is 0. The summed E-state index contributed by atoms with van der Waals surface area (Å²) in [5.74, 6) is -0.203. The number of hydrogen-bond donors (Lipinski definition) is 3. The molecule has 0 saturated carbocycles. The molecule has 132 valence electrons. The number of carbonyl (C=O) groups is 2. The lowest BCUT2D eigenvalue weighted by Crippen LogP contribution is -2.34. The second-order valence-electron chi connectivity index (χ2n) is 7.16.